The van der Waals surface area contributed by atoms with E-state index in [2.05, 4.69) is 20.7 Å². The number of amides is 1. The van der Waals surface area contributed by atoms with Crippen LogP contribution in [0.25, 0.3) is 11.3 Å². The molecule has 7 heteroatoms. The van der Waals surface area contributed by atoms with E-state index in [0.717, 1.165) is 16.9 Å². The van der Waals surface area contributed by atoms with Crippen molar-refractivity contribution in [3.8, 4) is 17.0 Å². The maximum atomic E-state index is 12.1. The molecule has 0 aliphatic carbocycles. The highest BCUT2D eigenvalue weighted by atomic mass is 16.5. The van der Waals surface area contributed by atoms with Gasteiger partial charge < -0.3 is 9.15 Å². The van der Waals surface area contributed by atoms with Crippen molar-refractivity contribution in [3.05, 3.63) is 96.1 Å². The minimum absolute atomic E-state index is 0.306. The van der Waals surface area contributed by atoms with Crippen molar-refractivity contribution in [3.63, 3.8) is 0 Å². The number of hydrazone groups is 1. The summed E-state index contributed by atoms with van der Waals surface area (Å²) in [5, 5.41) is 10.8. The van der Waals surface area contributed by atoms with Gasteiger partial charge in [-0.05, 0) is 48.0 Å². The van der Waals surface area contributed by atoms with Gasteiger partial charge in [-0.1, -0.05) is 30.3 Å². The van der Waals surface area contributed by atoms with Gasteiger partial charge in [0.15, 0.2) is 0 Å². The standard InChI is InChI=1S/C22H18N4O3/c27-22(26-23-14-19-7-4-12-28-19)21-13-20(24-25-21)17-8-10-18(11-9-17)29-15-16-5-2-1-3-6-16/h1-14H,15H2,(H,24,25)(H,26,27)/b23-14-. The summed E-state index contributed by atoms with van der Waals surface area (Å²) in [6.07, 6.45) is 2.95. The Morgan fingerprint density at radius 2 is 1.93 bits per heavy atom. The van der Waals surface area contributed by atoms with Crippen LogP contribution in [0.5, 0.6) is 5.75 Å². The lowest BCUT2D eigenvalue weighted by molar-refractivity contribution is 0.0950. The van der Waals surface area contributed by atoms with E-state index in [1.54, 1.807) is 18.2 Å². The average molecular weight is 386 g/mol. The zero-order valence-corrected chi connectivity index (χ0v) is 15.4. The maximum absolute atomic E-state index is 12.1. The molecule has 144 valence electrons. The smallest absolute Gasteiger partial charge is 0.289 e. The predicted octanol–water partition coefficient (Wildman–Crippen LogP) is 4.01. The third-order valence-corrected chi connectivity index (χ3v) is 4.12. The van der Waals surface area contributed by atoms with Crippen LogP contribution in [0.2, 0.25) is 0 Å². The number of furan rings is 1. The topological polar surface area (TPSA) is 92.5 Å². The van der Waals surface area contributed by atoms with Crippen molar-refractivity contribution >= 4 is 12.1 Å². The molecule has 0 aliphatic heterocycles. The molecule has 0 saturated carbocycles. The molecule has 0 bridgehead atoms. The van der Waals surface area contributed by atoms with Crippen molar-refractivity contribution in [1.82, 2.24) is 15.6 Å². The quantitative estimate of drug-likeness (QED) is 0.371. The first kappa shape index (κ1) is 18.2. The molecule has 0 spiro atoms. The highest BCUT2D eigenvalue weighted by Crippen LogP contribution is 2.22. The number of rotatable bonds is 7. The number of ether oxygens (including phenoxy) is 1. The molecule has 2 aromatic carbocycles. The molecular formula is C22H18N4O3. The van der Waals surface area contributed by atoms with E-state index in [1.807, 2.05) is 54.6 Å². The predicted molar refractivity (Wildman–Crippen MR) is 109 cm³/mol. The summed E-state index contributed by atoms with van der Waals surface area (Å²) in [5.74, 6) is 0.915. The SMILES string of the molecule is O=C(N/N=C\c1ccco1)c1cc(-c2ccc(OCc3ccccc3)cc2)n[nH]1. The molecule has 4 rings (SSSR count). The third kappa shape index (κ3) is 4.78. The number of benzene rings is 2. The molecule has 2 heterocycles. The monoisotopic (exact) mass is 386 g/mol. The van der Waals surface area contributed by atoms with Crippen LogP contribution < -0.4 is 10.2 Å². The molecule has 0 unspecified atom stereocenters. The van der Waals surface area contributed by atoms with Gasteiger partial charge in [0.1, 0.15) is 23.8 Å². The summed E-state index contributed by atoms with van der Waals surface area (Å²) in [4.78, 5) is 12.1. The Morgan fingerprint density at radius 3 is 2.69 bits per heavy atom. The molecule has 0 atom stereocenters. The number of H-pyrrole nitrogens is 1. The highest BCUT2D eigenvalue weighted by Gasteiger charge is 2.10. The first-order valence-electron chi connectivity index (χ1n) is 8.97. The van der Waals surface area contributed by atoms with Gasteiger partial charge in [-0.2, -0.15) is 10.2 Å². The van der Waals surface area contributed by atoms with Crippen LogP contribution in [0.15, 0.2) is 88.6 Å². The molecule has 0 saturated heterocycles. The molecular weight excluding hydrogens is 368 g/mol. The molecule has 0 fully saturated rings. The largest absolute Gasteiger partial charge is 0.489 e. The zero-order valence-electron chi connectivity index (χ0n) is 15.4. The first-order chi connectivity index (χ1) is 14.3. The summed E-state index contributed by atoms with van der Waals surface area (Å²) in [6.45, 7) is 0.505. The Labute approximate surface area is 167 Å². The maximum Gasteiger partial charge on any atom is 0.289 e. The van der Waals surface area contributed by atoms with Gasteiger partial charge in [-0.3, -0.25) is 9.89 Å². The molecule has 7 nitrogen and oxygen atoms in total. The summed E-state index contributed by atoms with van der Waals surface area (Å²) in [7, 11) is 0. The molecule has 2 aromatic heterocycles. The zero-order chi connectivity index (χ0) is 19.9. The van der Waals surface area contributed by atoms with E-state index in [9.17, 15) is 4.79 Å². The van der Waals surface area contributed by atoms with E-state index in [1.165, 1.54) is 12.5 Å². The Hall–Kier alpha value is -4.13. The first-order valence-corrected chi connectivity index (χ1v) is 8.97. The van der Waals surface area contributed by atoms with Crippen molar-refractivity contribution in [1.29, 1.82) is 0 Å². The number of carbonyl (C=O) groups excluding carboxylic acids is 1. The molecule has 1 amide bonds. The second-order valence-corrected chi connectivity index (χ2v) is 6.18. The summed E-state index contributed by atoms with van der Waals surface area (Å²) >= 11 is 0. The van der Waals surface area contributed by atoms with Crippen LogP contribution in [-0.2, 0) is 6.61 Å². The summed E-state index contributed by atoms with van der Waals surface area (Å²) in [5.41, 5.74) is 5.35. The van der Waals surface area contributed by atoms with Gasteiger partial charge in [0, 0.05) is 5.56 Å². The minimum atomic E-state index is -0.394. The van der Waals surface area contributed by atoms with E-state index in [4.69, 9.17) is 9.15 Å². The molecule has 29 heavy (non-hydrogen) atoms. The van der Waals surface area contributed by atoms with Crippen LogP contribution in [0.4, 0.5) is 0 Å². The van der Waals surface area contributed by atoms with Gasteiger partial charge in [-0.25, -0.2) is 5.43 Å². The fraction of sp³-hybridized carbons (Fsp3) is 0.0455. The summed E-state index contributed by atoms with van der Waals surface area (Å²) < 4.78 is 10.9. The van der Waals surface area contributed by atoms with Crippen molar-refractivity contribution < 1.29 is 13.9 Å². The van der Waals surface area contributed by atoms with Gasteiger partial charge >= 0.3 is 0 Å². The number of nitrogens with one attached hydrogen (secondary N) is 2. The fourth-order valence-corrected chi connectivity index (χ4v) is 2.63. The number of nitrogens with zero attached hydrogens (tertiary/aromatic N) is 2. The fourth-order valence-electron chi connectivity index (χ4n) is 2.63. The lowest BCUT2D eigenvalue weighted by atomic mass is 10.1. The Balaban J connectivity index is 1.35. The van der Waals surface area contributed by atoms with Crippen molar-refractivity contribution in [2.45, 2.75) is 6.61 Å². The summed E-state index contributed by atoms with van der Waals surface area (Å²) in [6, 6.07) is 22.7. The number of aromatic amines is 1. The van der Waals surface area contributed by atoms with Crippen molar-refractivity contribution in [2.75, 3.05) is 0 Å². The van der Waals surface area contributed by atoms with E-state index < -0.39 is 5.91 Å². The van der Waals surface area contributed by atoms with E-state index >= 15 is 0 Å². The highest BCUT2D eigenvalue weighted by molar-refractivity contribution is 5.93. The Bertz CT molecular complexity index is 1080. The Morgan fingerprint density at radius 1 is 1.10 bits per heavy atom. The van der Waals surface area contributed by atoms with Crippen LogP contribution in [0.3, 0.4) is 0 Å². The minimum Gasteiger partial charge on any atom is -0.489 e. The number of aromatic nitrogens is 2. The van der Waals surface area contributed by atoms with E-state index in [0.29, 0.717) is 23.8 Å². The normalized spacial score (nSPS) is 10.9. The molecule has 4 aromatic rings. The molecule has 0 aliphatic rings. The lowest BCUT2D eigenvalue weighted by Gasteiger charge is -2.06. The van der Waals surface area contributed by atoms with Crippen LogP contribution in [0.1, 0.15) is 21.8 Å². The number of hydrogen-bond donors (Lipinski definition) is 2. The molecule has 2 N–H and O–H groups in total. The van der Waals surface area contributed by atoms with Gasteiger partial charge in [-0.15, -0.1) is 0 Å². The third-order valence-electron chi connectivity index (χ3n) is 4.12. The lowest BCUT2D eigenvalue weighted by Crippen LogP contribution is -2.17. The van der Waals surface area contributed by atoms with E-state index in [-0.39, 0.29) is 0 Å². The molecule has 0 radical (unpaired) electrons. The van der Waals surface area contributed by atoms with Gasteiger partial charge in [0.2, 0.25) is 0 Å². The van der Waals surface area contributed by atoms with Gasteiger partial charge in [0.05, 0.1) is 18.2 Å². The number of carbonyl (C=O) groups is 1. The van der Waals surface area contributed by atoms with Crippen molar-refractivity contribution in [2.24, 2.45) is 5.10 Å². The second-order valence-electron chi connectivity index (χ2n) is 6.18. The second kappa shape index (κ2) is 8.71. The van der Waals surface area contributed by atoms with Crippen LogP contribution in [0, 0.1) is 0 Å². The van der Waals surface area contributed by atoms with Crippen LogP contribution in [-0.4, -0.2) is 22.3 Å². The van der Waals surface area contributed by atoms with Gasteiger partial charge in [0.25, 0.3) is 5.91 Å². The average Bonchev–Trinajstić information content (AvgIpc) is 3.46. The Kier molecular flexibility index (Phi) is 5.48. The van der Waals surface area contributed by atoms with Crippen LogP contribution >= 0.6 is 0 Å². The number of hydrogen-bond acceptors (Lipinski definition) is 5.